The first kappa shape index (κ1) is 21.0. The summed E-state index contributed by atoms with van der Waals surface area (Å²) in [5.74, 6) is 3.55. The Morgan fingerprint density at radius 2 is 1.87 bits per heavy atom. The first-order chi connectivity index (χ1) is 15.1. The molecule has 2 aromatic heterocycles. The summed E-state index contributed by atoms with van der Waals surface area (Å²) >= 11 is 0. The zero-order valence-corrected chi connectivity index (χ0v) is 18.5. The van der Waals surface area contributed by atoms with Crippen molar-refractivity contribution in [3.8, 4) is 0 Å². The molecule has 1 fully saturated rings. The van der Waals surface area contributed by atoms with E-state index in [1.165, 1.54) is 5.56 Å². The first-order valence-electron chi connectivity index (χ1n) is 10.6. The summed E-state index contributed by atoms with van der Waals surface area (Å²) in [6.07, 6.45) is 0. The van der Waals surface area contributed by atoms with Crippen molar-refractivity contribution in [3.05, 3.63) is 65.1 Å². The maximum Gasteiger partial charge on any atom is 0.194 e. The van der Waals surface area contributed by atoms with Crippen LogP contribution in [0.2, 0.25) is 0 Å². The van der Waals surface area contributed by atoms with Gasteiger partial charge in [0.15, 0.2) is 11.8 Å². The number of guanidine groups is 1. The van der Waals surface area contributed by atoms with Crippen molar-refractivity contribution in [1.29, 1.82) is 0 Å². The largest absolute Gasteiger partial charge is 0.361 e. The molecule has 0 saturated carbocycles. The second kappa shape index (κ2) is 9.74. The molecule has 4 rings (SSSR count). The van der Waals surface area contributed by atoms with Gasteiger partial charge >= 0.3 is 0 Å². The standard InChI is InChI=1S/C22H30N8O/c1-17-13-20(27-31-17)16-29-9-11-30(12-10-29)22(23-14-19-7-5-4-6-8-19)24-15-21-26-25-18(2)28(21)3/h4-8,13H,9-12,14-16H2,1-3H3,(H,23,24). The molecule has 1 saturated heterocycles. The lowest BCUT2D eigenvalue weighted by Gasteiger charge is -2.36. The van der Waals surface area contributed by atoms with Gasteiger partial charge in [-0.05, 0) is 19.4 Å². The van der Waals surface area contributed by atoms with Gasteiger partial charge in [-0.15, -0.1) is 10.2 Å². The second-order valence-corrected chi connectivity index (χ2v) is 7.89. The van der Waals surface area contributed by atoms with Crippen LogP contribution >= 0.6 is 0 Å². The molecule has 1 N–H and O–H groups in total. The number of aliphatic imine (C=N–C) groups is 1. The fraction of sp³-hybridized carbons (Fsp3) is 0.455. The fourth-order valence-corrected chi connectivity index (χ4v) is 3.62. The molecule has 0 bridgehead atoms. The van der Waals surface area contributed by atoms with E-state index in [-0.39, 0.29) is 0 Å². The molecule has 1 aliphatic rings. The van der Waals surface area contributed by atoms with Gasteiger partial charge in [-0.1, -0.05) is 35.5 Å². The van der Waals surface area contributed by atoms with E-state index in [9.17, 15) is 0 Å². The summed E-state index contributed by atoms with van der Waals surface area (Å²) < 4.78 is 7.20. The van der Waals surface area contributed by atoms with Crippen molar-refractivity contribution in [2.75, 3.05) is 26.2 Å². The molecule has 0 spiro atoms. The van der Waals surface area contributed by atoms with Gasteiger partial charge in [0.1, 0.15) is 11.6 Å². The molecule has 0 aliphatic carbocycles. The number of hydrogen-bond acceptors (Lipinski definition) is 6. The number of rotatable bonds is 6. The molecule has 0 radical (unpaired) electrons. The summed E-state index contributed by atoms with van der Waals surface area (Å²) in [7, 11) is 1.98. The van der Waals surface area contributed by atoms with Gasteiger partial charge in [-0.25, -0.2) is 4.99 Å². The number of piperazine rings is 1. The minimum absolute atomic E-state index is 0.587. The van der Waals surface area contributed by atoms with E-state index in [0.29, 0.717) is 13.1 Å². The van der Waals surface area contributed by atoms with Gasteiger partial charge in [0.25, 0.3) is 0 Å². The molecule has 3 heterocycles. The molecule has 9 heteroatoms. The Labute approximate surface area is 182 Å². The summed E-state index contributed by atoms with van der Waals surface area (Å²) in [5.41, 5.74) is 2.18. The van der Waals surface area contributed by atoms with Crippen LogP contribution in [-0.2, 0) is 26.7 Å². The number of benzene rings is 1. The minimum atomic E-state index is 0.587. The van der Waals surface area contributed by atoms with E-state index in [4.69, 9.17) is 9.52 Å². The highest BCUT2D eigenvalue weighted by Crippen LogP contribution is 2.10. The van der Waals surface area contributed by atoms with E-state index in [1.54, 1.807) is 0 Å². The summed E-state index contributed by atoms with van der Waals surface area (Å²) in [6.45, 7) is 9.60. The van der Waals surface area contributed by atoms with Crippen molar-refractivity contribution in [3.63, 3.8) is 0 Å². The van der Waals surface area contributed by atoms with Gasteiger partial charge in [-0.2, -0.15) is 0 Å². The number of aryl methyl sites for hydroxylation is 2. The third-order valence-corrected chi connectivity index (χ3v) is 5.58. The number of nitrogens with zero attached hydrogens (tertiary/aromatic N) is 7. The highest BCUT2D eigenvalue weighted by Gasteiger charge is 2.21. The highest BCUT2D eigenvalue weighted by molar-refractivity contribution is 5.80. The predicted octanol–water partition coefficient (Wildman–Crippen LogP) is 1.88. The monoisotopic (exact) mass is 422 g/mol. The smallest absolute Gasteiger partial charge is 0.194 e. The normalized spacial score (nSPS) is 15.5. The van der Waals surface area contributed by atoms with Crippen LogP contribution in [0.1, 0.15) is 28.7 Å². The summed E-state index contributed by atoms with van der Waals surface area (Å²) in [5, 5.41) is 16.0. The van der Waals surface area contributed by atoms with Crippen LogP contribution in [0, 0.1) is 13.8 Å². The summed E-state index contributed by atoms with van der Waals surface area (Å²) in [6, 6.07) is 12.3. The van der Waals surface area contributed by atoms with Crippen molar-refractivity contribution >= 4 is 5.96 Å². The van der Waals surface area contributed by atoms with E-state index >= 15 is 0 Å². The second-order valence-electron chi connectivity index (χ2n) is 7.89. The molecule has 3 aromatic rings. The average Bonchev–Trinajstić information content (AvgIpc) is 3.34. The Balaban J connectivity index is 1.40. The van der Waals surface area contributed by atoms with Crippen LogP contribution in [0.5, 0.6) is 0 Å². The third kappa shape index (κ3) is 5.49. The quantitative estimate of drug-likeness (QED) is 0.479. The minimum Gasteiger partial charge on any atom is -0.361 e. The van der Waals surface area contributed by atoms with Gasteiger partial charge in [0.2, 0.25) is 0 Å². The van der Waals surface area contributed by atoms with Crippen molar-refractivity contribution in [2.45, 2.75) is 33.5 Å². The number of aromatic nitrogens is 4. The van der Waals surface area contributed by atoms with Crippen LogP contribution in [-0.4, -0.2) is 61.9 Å². The van der Waals surface area contributed by atoms with E-state index in [2.05, 4.69) is 42.6 Å². The maximum atomic E-state index is 5.20. The molecule has 31 heavy (non-hydrogen) atoms. The van der Waals surface area contributed by atoms with Crippen LogP contribution < -0.4 is 5.32 Å². The first-order valence-corrected chi connectivity index (χ1v) is 10.6. The van der Waals surface area contributed by atoms with E-state index in [1.807, 2.05) is 49.7 Å². The number of hydrogen-bond donors (Lipinski definition) is 1. The predicted molar refractivity (Wildman–Crippen MR) is 118 cm³/mol. The Morgan fingerprint density at radius 1 is 1.10 bits per heavy atom. The Hall–Kier alpha value is -3.20. The molecular formula is C22H30N8O. The maximum absolute atomic E-state index is 5.20. The lowest BCUT2D eigenvalue weighted by Crippen LogP contribution is -2.52. The lowest BCUT2D eigenvalue weighted by molar-refractivity contribution is 0.168. The molecule has 164 valence electrons. The van der Waals surface area contributed by atoms with Crippen LogP contribution in [0.25, 0.3) is 0 Å². The molecule has 1 aromatic carbocycles. The number of nitrogens with one attached hydrogen (secondary N) is 1. The van der Waals surface area contributed by atoms with Crippen LogP contribution in [0.15, 0.2) is 45.9 Å². The zero-order valence-electron chi connectivity index (χ0n) is 18.5. The Kier molecular flexibility index (Phi) is 6.61. The van der Waals surface area contributed by atoms with Crippen LogP contribution in [0.4, 0.5) is 0 Å². The van der Waals surface area contributed by atoms with Crippen molar-refractivity contribution in [1.82, 2.24) is 35.0 Å². The zero-order chi connectivity index (χ0) is 21.6. The molecule has 0 atom stereocenters. The molecule has 0 amide bonds. The molecule has 0 unspecified atom stereocenters. The van der Waals surface area contributed by atoms with Crippen LogP contribution in [0.3, 0.4) is 0 Å². The van der Waals surface area contributed by atoms with E-state index in [0.717, 1.165) is 61.8 Å². The average molecular weight is 423 g/mol. The van der Waals surface area contributed by atoms with Crippen molar-refractivity contribution < 1.29 is 4.52 Å². The third-order valence-electron chi connectivity index (χ3n) is 5.58. The van der Waals surface area contributed by atoms with Gasteiger partial charge in [-0.3, -0.25) is 4.90 Å². The SMILES string of the molecule is Cc1cc(CN2CCN(C(=NCc3ccccc3)NCc3nnc(C)n3C)CC2)no1. The molecular weight excluding hydrogens is 392 g/mol. The van der Waals surface area contributed by atoms with Gasteiger partial charge in [0, 0.05) is 45.8 Å². The summed E-state index contributed by atoms with van der Waals surface area (Å²) in [4.78, 5) is 9.62. The van der Waals surface area contributed by atoms with Gasteiger partial charge in [0.05, 0.1) is 18.8 Å². The Morgan fingerprint density at radius 3 is 2.52 bits per heavy atom. The highest BCUT2D eigenvalue weighted by atomic mass is 16.5. The fourth-order valence-electron chi connectivity index (χ4n) is 3.62. The molecule has 1 aliphatic heterocycles. The lowest BCUT2D eigenvalue weighted by atomic mass is 10.2. The topological polar surface area (TPSA) is 87.6 Å². The van der Waals surface area contributed by atoms with Gasteiger partial charge < -0.3 is 19.3 Å². The van der Waals surface area contributed by atoms with Crippen molar-refractivity contribution in [2.24, 2.45) is 12.0 Å². The van der Waals surface area contributed by atoms with E-state index < -0.39 is 0 Å². The Bertz CT molecular complexity index is 1000. The molecule has 9 nitrogen and oxygen atoms in total.